The second kappa shape index (κ2) is 8.51. The Labute approximate surface area is 209 Å². The highest BCUT2D eigenvalue weighted by Crippen LogP contribution is 2.32. The minimum atomic E-state index is 0.921. The van der Waals surface area contributed by atoms with Crippen LogP contribution in [0.15, 0.2) is 85.0 Å². The lowest BCUT2D eigenvalue weighted by Crippen LogP contribution is -1.94. The number of benzene rings is 1. The molecule has 8 bridgehead atoms. The number of rotatable bonds is 2. The molecule has 1 aliphatic carbocycles. The van der Waals surface area contributed by atoms with Crippen LogP contribution in [-0.4, -0.2) is 19.9 Å². The lowest BCUT2D eigenvalue weighted by molar-refractivity contribution is 1.04. The fourth-order valence-corrected chi connectivity index (χ4v) is 5.08. The predicted octanol–water partition coefficient (Wildman–Crippen LogP) is 8.06. The zero-order chi connectivity index (χ0) is 23.9. The van der Waals surface area contributed by atoms with Gasteiger partial charge in [0, 0.05) is 33.2 Å². The van der Waals surface area contributed by atoms with Gasteiger partial charge in [-0.25, -0.2) is 9.97 Å². The molecule has 0 fully saturated rings. The van der Waals surface area contributed by atoms with Crippen molar-refractivity contribution >= 4 is 51.9 Å². The van der Waals surface area contributed by atoms with Crippen LogP contribution in [0.2, 0.25) is 0 Å². The second-order valence-electron chi connectivity index (χ2n) is 9.21. The third kappa shape index (κ3) is 3.73. The van der Waals surface area contributed by atoms with Gasteiger partial charge in [0.2, 0.25) is 0 Å². The number of hydrogen-bond acceptors (Lipinski definition) is 2. The van der Waals surface area contributed by atoms with Crippen molar-refractivity contribution in [2.45, 2.75) is 12.8 Å². The fraction of sp³-hybridized carbons (Fsp3) is 0.0625. The van der Waals surface area contributed by atoms with Crippen molar-refractivity contribution in [1.29, 1.82) is 0 Å². The van der Waals surface area contributed by atoms with Crippen molar-refractivity contribution in [2.75, 3.05) is 0 Å². The van der Waals surface area contributed by atoms with E-state index in [1.807, 2.05) is 6.07 Å². The quantitative estimate of drug-likeness (QED) is 0.272. The summed E-state index contributed by atoms with van der Waals surface area (Å²) in [5.74, 6) is 0. The molecule has 0 spiro atoms. The largest absolute Gasteiger partial charge is 0.355 e. The number of H-pyrrole nitrogens is 2. The third-order valence-electron chi connectivity index (χ3n) is 6.74. The Morgan fingerprint density at radius 1 is 0.583 bits per heavy atom. The molecule has 0 unspecified atom stereocenters. The van der Waals surface area contributed by atoms with E-state index in [1.54, 1.807) is 0 Å². The third-order valence-corrected chi connectivity index (χ3v) is 6.74. The molecule has 0 amide bonds. The minimum Gasteiger partial charge on any atom is -0.355 e. The molecule has 0 atom stereocenters. The van der Waals surface area contributed by atoms with E-state index in [0.29, 0.717) is 0 Å². The summed E-state index contributed by atoms with van der Waals surface area (Å²) in [7, 11) is 0. The highest BCUT2D eigenvalue weighted by atomic mass is 14.8. The van der Waals surface area contributed by atoms with Gasteiger partial charge < -0.3 is 9.97 Å². The van der Waals surface area contributed by atoms with Gasteiger partial charge in [0.1, 0.15) is 0 Å². The highest BCUT2D eigenvalue weighted by molar-refractivity contribution is 5.94. The maximum Gasteiger partial charge on any atom is 0.0737 e. The topological polar surface area (TPSA) is 57.4 Å². The summed E-state index contributed by atoms with van der Waals surface area (Å²) < 4.78 is 0. The molecule has 1 aromatic carbocycles. The Morgan fingerprint density at radius 3 is 1.81 bits per heavy atom. The highest BCUT2D eigenvalue weighted by Gasteiger charge is 2.15. The van der Waals surface area contributed by atoms with E-state index in [9.17, 15) is 0 Å². The first-order chi connectivity index (χ1) is 17.8. The average molecular weight is 465 g/mol. The monoisotopic (exact) mass is 464 g/mol. The van der Waals surface area contributed by atoms with Gasteiger partial charge in [-0.3, -0.25) is 0 Å². The number of nitrogens with zero attached hydrogens (tertiary/aromatic N) is 2. The van der Waals surface area contributed by atoms with Gasteiger partial charge in [-0.1, -0.05) is 48.6 Å². The molecule has 172 valence electrons. The van der Waals surface area contributed by atoms with Gasteiger partial charge in [0.05, 0.1) is 22.8 Å². The number of allylic oxidation sites excluding steroid dienone is 4. The van der Waals surface area contributed by atoms with Crippen molar-refractivity contribution in [2.24, 2.45) is 0 Å². The van der Waals surface area contributed by atoms with Crippen LogP contribution < -0.4 is 0 Å². The molecule has 36 heavy (non-hydrogen) atoms. The van der Waals surface area contributed by atoms with Crippen LogP contribution in [0.25, 0.3) is 63.1 Å². The van der Waals surface area contributed by atoms with Gasteiger partial charge in [0.15, 0.2) is 0 Å². The minimum absolute atomic E-state index is 0.921. The standard InChI is InChI=1S/C32H24N4/c1-3-7-21(8-4-1)31-27-15-11-23(33-27)19-25-13-17-29(35-25)32(22-9-5-2-6-10-22)30-18-14-26(36-30)20-24-12-16-28(31)34-24/h1,3-5,7-20,33-34H,2,6H2. The molecule has 2 aliphatic heterocycles. The summed E-state index contributed by atoms with van der Waals surface area (Å²) >= 11 is 0. The second-order valence-corrected chi connectivity index (χ2v) is 9.21. The van der Waals surface area contributed by atoms with Gasteiger partial charge in [-0.15, -0.1) is 0 Å². The molecule has 4 heteroatoms. The summed E-state index contributed by atoms with van der Waals surface area (Å²) in [6.07, 6.45) is 17.2. The number of fused-ring (bicyclic) bond motifs is 8. The molecule has 7 rings (SSSR count). The zero-order valence-electron chi connectivity index (χ0n) is 19.7. The molecule has 0 saturated carbocycles. The Balaban J connectivity index is 1.57. The van der Waals surface area contributed by atoms with E-state index in [4.69, 9.17) is 9.97 Å². The molecule has 3 aliphatic rings. The first-order valence-electron chi connectivity index (χ1n) is 12.3. The van der Waals surface area contributed by atoms with E-state index >= 15 is 0 Å². The molecular formula is C32H24N4. The smallest absolute Gasteiger partial charge is 0.0737 e. The summed E-state index contributed by atoms with van der Waals surface area (Å²) in [4.78, 5) is 17.2. The predicted molar refractivity (Wildman–Crippen MR) is 151 cm³/mol. The fourth-order valence-electron chi connectivity index (χ4n) is 5.08. The van der Waals surface area contributed by atoms with Crippen molar-refractivity contribution in [3.8, 4) is 11.1 Å². The van der Waals surface area contributed by atoms with E-state index in [0.717, 1.165) is 74.4 Å². The van der Waals surface area contributed by atoms with Crippen LogP contribution in [-0.2, 0) is 0 Å². The lowest BCUT2D eigenvalue weighted by Gasteiger charge is -2.09. The van der Waals surface area contributed by atoms with Crippen molar-refractivity contribution in [1.82, 2.24) is 19.9 Å². The first-order valence-corrected chi connectivity index (χ1v) is 12.3. The van der Waals surface area contributed by atoms with Crippen LogP contribution in [0, 0.1) is 0 Å². The van der Waals surface area contributed by atoms with Crippen molar-refractivity contribution in [3.05, 3.63) is 113 Å². The maximum absolute atomic E-state index is 5.00. The maximum atomic E-state index is 5.00. The van der Waals surface area contributed by atoms with Crippen LogP contribution in [0.1, 0.15) is 41.2 Å². The van der Waals surface area contributed by atoms with Crippen LogP contribution in [0.4, 0.5) is 0 Å². The summed E-state index contributed by atoms with van der Waals surface area (Å²) in [5, 5.41) is 0. The van der Waals surface area contributed by atoms with Crippen molar-refractivity contribution < 1.29 is 0 Å². The molecule has 0 radical (unpaired) electrons. The van der Waals surface area contributed by atoms with Crippen LogP contribution in [0.3, 0.4) is 0 Å². The van der Waals surface area contributed by atoms with E-state index in [2.05, 4.69) is 113 Å². The molecular weight excluding hydrogens is 440 g/mol. The number of hydrogen-bond donors (Lipinski definition) is 2. The van der Waals surface area contributed by atoms with E-state index < -0.39 is 0 Å². The summed E-state index contributed by atoms with van der Waals surface area (Å²) in [5.41, 5.74) is 12.4. The number of aromatic amines is 2. The summed E-state index contributed by atoms with van der Waals surface area (Å²) in [6, 6.07) is 23.2. The number of nitrogens with one attached hydrogen (secondary N) is 2. The molecule has 4 aromatic rings. The molecule has 4 nitrogen and oxygen atoms in total. The van der Waals surface area contributed by atoms with E-state index in [-0.39, 0.29) is 0 Å². The molecule has 3 aromatic heterocycles. The van der Waals surface area contributed by atoms with Crippen molar-refractivity contribution in [3.63, 3.8) is 0 Å². The number of aromatic nitrogens is 4. The Kier molecular flexibility index (Phi) is 4.88. The first kappa shape index (κ1) is 20.7. The van der Waals surface area contributed by atoms with Crippen LogP contribution >= 0.6 is 0 Å². The molecule has 0 saturated heterocycles. The molecule has 2 N–H and O–H groups in total. The Hall–Kier alpha value is -4.70. The summed E-state index contributed by atoms with van der Waals surface area (Å²) in [6.45, 7) is 0. The van der Waals surface area contributed by atoms with Gasteiger partial charge >= 0.3 is 0 Å². The Bertz CT molecular complexity index is 1680. The van der Waals surface area contributed by atoms with Gasteiger partial charge in [-0.2, -0.15) is 0 Å². The SMILES string of the molecule is C1=CC(c2c3nc(cc4ccc([nH]4)c(-c4ccccc4)c4ccc(cc5nc2C=C5)[nH]4)C=C3)=CCC1. The average Bonchev–Trinajstić information content (AvgIpc) is 3.72. The van der Waals surface area contributed by atoms with E-state index in [1.165, 1.54) is 5.57 Å². The Morgan fingerprint density at radius 2 is 1.22 bits per heavy atom. The lowest BCUT2D eigenvalue weighted by atomic mass is 9.97. The normalized spacial score (nSPS) is 14.3. The zero-order valence-corrected chi connectivity index (χ0v) is 19.7. The van der Waals surface area contributed by atoms with Gasteiger partial charge in [-0.05, 0) is 84.7 Å². The van der Waals surface area contributed by atoms with Gasteiger partial charge in [0.25, 0.3) is 0 Å². The van der Waals surface area contributed by atoms with Crippen LogP contribution in [0.5, 0.6) is 0 Å². The molecule has 5 heterocycles.